The quantitative estimate of drug-likeness (QED) is 0.866. The van der Waals surface area contributed by atoms with Crippen molar-refractivity contribution < 1.29 is 8.42 Å². The molecule has 1 unspecified atom stereocenters. The van der Waals surface area contributed by atoms with Gasteiger partial charge in [0.1, 0.15) is 4.90 Å². The molecule has 1 saturated heterocycles. The number of hydrogen-bond acceptors (Lipinski definition) is 4. The Hall–Kier alpha value is -0.400. The molecule has 96 valence electrons. The molecule has 1 aliphatic heterocycles. The first-order valence-electron chi connectivity index (χ1n) is 4.91. The minimum atomic E-state index is -3.50. The van der Waals surface area contributed by atoms with Crippen LogP contribution in [0.3, 0.4) is 0 Å². The molecule has 0 amide bonds. The minimum absolute atomic E-state index is 0. The van der Waals surface area contributed by atoms with Gasteiger partial charge >= 0.3 is 0 Å². The average molecular weight is 298 g/mol. The van der Waals surface area contributed by atoms with Gasteiger partial charge in [-0.15, -0.1) is 12.4 Å². The first-order chi connectivity index (χ1) is 7.58. The molecule has 0 aromatic carbocycles. The van der Waals surface area contributed by atoms with Crippen molar-refractivity contribution in [2.45, 2.75) is 17.4 Å². The van der Waals surface area contributed by atoms with Crippen molar-refractivity contribution >= 4 is 34.0 Å². The van der Waals surface area contributed by atoms with Crippen molar-refractivity contribution in [3.05, 3.63) is 23.5 Å². The maximum atomic E-state index is 11.9. The highest BCUT2D eigenvalue weighted by molar-refractivity contribution is 7.89. The summed E-state index contributed by atoms with van der Waals surface area (Å²) < 4.78 is 26.4. The summed E-state index contributed by atoms with van der Waals surface area (Å²) in [6, 6.07) is 1.34. The fraction of sp³-hybridized carbons (Fsp3) is 0.444. The molecule has 1 aliphatic rings. The second-order valence-corrected chi connectivity index (χ2v) is 5.80. The highest BCUT2D eigenvalue weighted by atomic mass is 35.5. The molecule has 2 N–H and O–H groups in total. The largest absolute Gasteiger partial charge is 0.315 e. The molecule has 2 rings (SSSR count). The lowest BCUT2D eigenvalue weighted by Crippen LogP contribution is -2.36. The average Bonchev–Trinajstić information content (AvgIpc) is 2.70. The summed E-state index contributed by atoms with van der Waals surface area (Å²) in [6.45, 7) is 1.49. The lowest BCUT2D eigenvalue weighted by Gasteiger charge is -2.11. The SMILES string of the molecule is Cl.O=S(=O)(NC1CCNC1)c1cncc(Cl)c1. The van der Waals surface area contributed by atoms with Crippen LogP contribution in [-0.4, -0.2) is 32.5 Å². The van der Waals surface area contributed by atoms with Crippen molar-refractivity contribution in [1.29, 1.82) is 0 Å². The van der Waals surface area contributed by atoms with Crippen LogP contribution in [0.25, 0.3) is 0 Å². The standard InChI is InChI=1S/C9H12ClN3O2S.ClH/c10-7-3-9(6-12-4-7)16(14,15)13-8-1-2-11-5-8;/h3-4,6,8,11,13H,1-2,5H2;1H. The van der Waals surface area contributed by atoms with Crippen LogP contribution in [0.15, 0.2) is 23.4 Å². The predicted octanol–water partition coefficient (Wildman–Crippen LogP) is 0.797. The molecule has 0 radical (unpaired) electrons. The number of pyridine rings is 1. The molecule has 8 heteroatoms. The smallest absolute Gasteiger partial charge is 0.242 e. The van der Waals surface area contributed by atoms with E-state index in [1.165, 1.54) is 18.5 Å². The van der Waals surface area contributed by atoms with Gasteiger partial charge < -0.3 is 5.32 Å². The zero-order valence-corrected chi connectivity index (χ0v) is 11.3. The number of halogens is 2. The summed E-state index contributed by atoms with van der Waals surface area (Å²) in [5.41, 5.74) is 0. The van der Waals surface area contributed by atoms with E-state index in [0.29, 0.717) is 11.6 Å². The van der Waals surface area contributed by atoms with Gasteiger partial charge in [-0.05, 0) is 19.0 Å². The summed E-state index contributed by atoms with van der Waals surface area (Å²) in [7, 11) is -3.50. The van der Waals surface area contributed by atoms with Gasteiger partial charge in [-0.25, -0.2) is 13.1 Å². The molecule has 1 aromatic heterocycles. The minimum Gasteiger partial charge on any atom is -0.315 e. The molecule has 0 spiro atoms. The van der Waals surface area contributed by atoms with Gasteiger partial charge in [-0.3, -0.25) is 4.98 Å². The molecular formula is C9H13Cl2N3O2S. The van der Waals surface area contributed by atoms with Crippen LogP contribution in [0.1, 0.15) is 6.42 Å². The fourth-order valence-electron chi connectivity index (χ4n) is 1.58. The topological polar surface area (TPSA) is 71.1 Å². The molecule has 5 nitrogen and oxygen atoms in total. The van der Waals surface area contributed by atoms with Gasteiger partial charge in [0.25, 0.3) is 0 Å². The van der Waals surface area contributed by atoms with E-state index in [2.05, 4.69) is 15.0 Å². The third-order valence-electron chi connectivity index (χ3n) is 2.37. The van der Waals surface area contributed by atoms with E-state index >= 15 is 0 Å². The predicted molar refractivity (Wildman–Crippen MR) is 68.1 cm³/mol. The Labute approximate surface area is 111 Å². The number of nitrogens with zero attached hydrogens (tertiary/aromatic N) is 1. The molecule has 0 saturated carbocycles. The molecule has 1 fully saturated rings. The van der Waals surface area contributed by atoms with E-state index in [9.17, 15) is 8.42 Å². The van der Waals surface area contributed by atoms with E-state index in [0.717, 1.165) is 13.0 Å². The second-order valence-electron chi connectivity index (χ2n) is 3.65. The van der Waals surface area contributed by atoms with Gasteiger partial charge in [0.05, 0.1) is 5.02 Å². The summed E-state index contributed by atoms with van der Waals surface area (Å²) in [5, 5.41) is 3.40. The molecule has 2 heterocycles. The first kappa shape index (κ1) is 14.7. The molecular weight excluding hydrogens is 285 g/mol. The van der Waals surface area contributed by atoms with E-state index in [1.807, 2.05) is 0 Å². The first-order valence-corrected chi connectivity index (χ1v) is 6.78. The Kier molecular flexibility index (Phi) is 5.15. The highest BCUT2D eigenvalue weighted by Gasteiger charge is 2.22. The maximum absolute atomic E-state index is 11.9. The van der Waals surface area contributed by atoms with Crippen molar-refractivity contribution in [2.24, 2.45) is 0 Å². The zero-order valence-electron chi connectivity index (χ0n) is 8.89. The van der Waals surface area contributed by atoms with E-state index in [-0.39, 0.29) is 23.3 Å². The van der Waals surface area contributed by atoms with Gasteiger partial charge in [0, 0.05) is 25.0 Å². The zero-order chi connectivity index (χ0) is 11.6. The van der Waals surface area contributed by atoms with Crippen molar-refractivity contribution in [3.8, 4) is 0 Å². The fourth-order valence-corrected chi connectivity index (χ4v) is 3.08. The Morgan fingerprint density at radius 2 is 2.24 bits per heavy atom. The summed E-state index contributed by atoms with van der Waals surface area (Å²) >= 11 is 5.70. The van der Waals surface area contributed by atoms with Gasteiger partial charge in [-0.1, -0.05) is 11.6 Å². The van der Waals surface area contributed by atoms with Crippen molar-refractivity contribution in [1.82, 2.24) is 15.0 Å². The van der Waals surface area contributed by atoms with Crippen molar-refractivity contribution in [2.75, 3.05) is 13.1 Å². The Balaban J connectivity index is 0.00000144. The highest BCUT2D eigenvalue weighted by Crippen LogP contribution is 2.14. The third-order valence-corrected chi connectivity index (χ3v) is 4.07. The van der Waals surface area contributed by atoms with E-state index in [4.69, 9.17) is 11.6 Å². The van der Waals surface area contributed by atoms with Crippen LogP contribution in [0.5, 0.6) is 0 Å². The lowest BCUT2D eigenvalue weighted by molar-refractivity contribution is 0.560. The van der Waals surface area contributed by atoms with Gasteiger partial charge in [-0.2, -0.15) is 0 Å². The van der Waals surface area contributed by atoms with Crippen LogP contribution in [0.2, 0.25) is 5.02 Å². The van der Waals surface area contributed by atoms with Gasteiger partial charge in [0.2, 0.25) is 10.0 Å². The van der Waals surface area contributed by atoms with Crippen LogP contribution >= 0.6 is 24.0 Å². The lowest BCUT2D eigenvalue weighted by atomic mass is 10.3. The van der Waals surface area contributed by atoms with Crippen molar-refractivity contribution in [3.63, 3.8) is 0 Å². The molecule has 17 heavy (non-hydrogen) atoms. The molecule has 1 atom stereocenters. The van der Waals surface area contributed by atoms with Crippen LogP contribution < -0.4 is 10.0 Å². The maximum Gasteiger partial charge on any atom is 0.242 e. The molecule has 1 aromatic rings. The number of aromatic nitrogens is 1. The third kappa shape index (κ3) is 3.79. The monoisotopic (exact) mass is 297 g/mol. The van der Waals surface area contributed by atoms with Crippen LogP contribution in [0.4, 0.5) is 0 Å². The van der Waals surface area contributed by atoms with Gasteiger partial charge in [0.15, 0.2) is 0 Å². The number of rotatable bonds is 3. The number of sulfonamides is 1. The molecule has 0 bridgehead atoms. The second kappa shape index (κ2) is 5.97. The molecule has 0 aliphatic carbocycles. The normalized spacial score (nSPS) is 19.9. The Bertz CT molecular complexity index is 475. The summed E-state index contributed by atoms with van der Waals surface area (Å²) in [5.74, 6) is 0. The van der Waals surface area contributed by atoms with E-state index in [1.54, 1.807) is 0 Å². The van der Waals surface area contributed by atoms with Crippen LogP contribution in [-0.2, 0) is 10.0 Å². The van der Waals surface area contributed by atoms with E-state index < -0.39 is 10.0 Å². The summed E-state index contributed by atoms with van der Waals surface area (Å²) in [6.07, 6.45) is 3.49. The number of hydrogen-bond donors (Lipinski definition) is 2. The van der Waals surface area contributed by atoms with Crippen LogP contribution in [0, 0.1) is 0 Å². The Morgan fingerprint density at radius 3 is 2.82 bits per heavy atom. The Morgan fingerprint density at radius 1 is 1.47 bits per heavy atom. The summed E-state index contributed by atoms with van der Waals surface area (Å²) in [4.78, 5) is 3.86. The number of nitrogens with one attached hydrogen (secondary N) is 2.